The van der Waals surface area contributed by atoms with Gasteiger partial charge in [-0.1, -0.05) is 0 Å². The molecule has 0 saturated carbocycles. The molecule has 142 valence electrons. The van der Waals surface area contributed by atoms with Gasteiger partial charge < -0.3 is 20.9 Å². The van der Waals surface area contributed by atoms with E-state index in [1.54, 1.807) is 12.4 Å². The molecular formula is C17H21FN8O. The number of halogens is 1. The van der Waals surface area contributed by atoms with Crippen molar-refractivity contribution in [2.45, 2.75) is 12.7 Å². The molecule has 1 unspecified atom stereocenters. The van der Waals surface area contributed by atoms with Crippen LogP contribution in [0.4, 0.5) is 27.4 Å². The topological polar surface area (TPSA) is 105 Å². The van der Waals surface area contributed by atoms with E-state index in [0.717, 1.165) is 38.1 Å². The van der Waals surface area contributed by atoms with Crippen molar-refractivity contribution in [3.8, 4) is 0 Å². The summed E-state index contributed by atoms with van der Waals surface area (Å²) in [6, 6.07) is 1.88. The number of anilines is 3. The summed E-state index contributed by atoms with van der Waals surface area (Å²) in [7, 11) is 2.08. The summed E-state index contributed by atoms with van der Waals surface area (Å²) in [5.74, 6) is -0.144. The second kappa shape index (κ2) is 6.95. The van der Waals surface area contributed by atoms with Gasteiger partial charge in [0.1, 0.15) is 5.56 Å². The summed E-state index contributed by atoms with van der Waals surface area (Å²) in [4.78, 5) is 25.5. The Balaban J connectivity index is 1.59. The number of alkyl halides is 1. The third kappa shape index (κ3) is 3.35. The number of nitrogens with one attached hydrogen (secondary N) is 1. The van der Waals surface area contributed by atoms with Gasteiger partial charge in [-0.3, -0.25) is 9.78 Å². The van der Waals surface area contributed by atoms with Crippen LogP contribution < -0.4 is 16.0 Å². The zero-order valence-electron chi connectivity index (χ0n) is 15.0. The van der Waals surface area contributed by atoms with E-state index in [9.17, 15) is 9.18 Å². The number of likely N-dealkylation sites (N-methyl/N-ethyl adjacent to an activating group) is 1. The Morgan fingerprint density at radius 1 is 1.33 bits per heavy atom. The van der Waals surface area contributed by atoms with E-state index in [2.05, 4.69) is 37.2 Å². The number of carbonyl (C=O) groups is 1. The van der Waals surface area contributed by atoms with E-state index >= 15 is 0 Å². The van der Waals surface area contributed by atoms with Gasteiger partial charge in [-0.05, 0) is 13.1 Å². The van der Waals surface area contributed by atoms with Crippen LogP contribution in [-0.2, 0) is 6.54 Å². The number of pyridine rings is 1. The summed E-state index contributed by atoms with van der Waals surface area (Å²) in [5.41, 5.74) is 7.53. The minimum atomic E-state index is -1.24. The number of hydrogen-bond acceptors (Lipinski definition) is 7. The van der Waals surface area contributed by atoms with Crippen molar-refractivity contribution in [1.29, 1.82) is 0 Å². The van der Waals surface area contributed by atoms with Crippen LogP contribution in [0.15, 0.2) is 23.5 Å². The Bertz CT molecular complexity index is 887. The van der Waals surface area contributed by atoms with E-state index in [4.69, 9.17) is 5.73 Å². The highest BCUT2D eigenvalue weighted by Crippen LogP contribution is 2.31. The molecule has 9 nitrogen and oxygen atoms in total. The molecule has 1 fully saturated rings. The number of carbonyl (C=O) groups excluding carboxylic acids is 1. The fourth-order valence-electron chi connectivity index (χ4n) is 3.30. The van der Waals surface area contributed by atoms with Crippen molar-refractivity contribution >= 4 is 35.1 Å². The normalized spacial score (nSPS) is 19.8. The lowest BCUT2D eigenvalue weighted by Gasteiger charge is -2.34. The Kier molecular flexibility index (Phi) is 4.48. The molecule has 1 saturated heterocycles. The average molecular weight is 372 g/mol. The first-order valence-electron chi connectivity index (χ1n) is 8.76. The largest absolute Gasteiger partial charge is 0.381 e. The first-order valence-corrected chi connectivity index (χ1v) is 8.76. The summed E-state index contributed by atoms with van der Waals surface area (Å²) in [6.45, 7) is 3.60. The van der Waals surface area contributed by atoms with Crippen LogP contribution in [0.2, 0.25) is 0 Å². The molecule has 1 amide bonds. The molecule has 0 aromatic carbocycles. The number of nitrogens with zero attached hydrogens (tertiary/aromatic N) is 6. The van der Waals surface area contributed by atoms with Crippen molar-refractivity contribution in [2.75, 3.05) is 49.2 Å². The quantitative estimate of drug-likeness (QED) is 0.830. The molecule has 1 atom stereocenters. The number of fused-ring (bicyclic) bond motifs is 1. The van der Waals surface area contributed by atoms with E-state index in [-0.39, 0.29) is 23.7 Å². The molecule has 4 heterocycles. The Hall–Kier alpha value is -3.01. The fraction of sp³-hybridized carbons (Fsp3) is 0.412. The Morgan fingerprint density at radius 3 is 2.89 bits per heavy atom. The number of nitrogen functional groups attached to an aromatic ring is 1. The molecule has 10 heteroatoms. The standard InChI is InChI=1S/C17H21FN8O/c1-24-4-6-25(7-5-24)13-2-3-20-9-12(13)22-17(27)14-15(19)23-26-10-11(18)8-21-16(14)26/h2-3,8-9,11H,4-7,10H2,1H3,(H2,19,23)(H,22,27). The summed E-state index contributed by atoms with van der Waals surface area (Å²) in [5, 5.41) is 6.90. The second-order valence-corrected chi connectivity index (χ2v) is 6.70. The zero-order chi connectivity index (χ0) is 19.0. The van der Waals surface area contributed by atoms with Crippen molar-refractivity contribution < 1.29 is 9.18 Å². The van der Waals surface area contributed by atoms with Gasteiger partial charge in [-0.25, -0.2) is 14.1 Å². The molecule has 0 spiro atoms. The smallest absolute Gasteiger partial charge is 0.263 e. The number of hydrogen-bond donors (Lipinski definition) is 2. The molecule has 0 bridgehead atoms. The van der Waals surface area contributed by atoms with E-state index < -0.39 is 12.1 Å². The van der Waals surface area contributed by atoms with Crippen LogP contribution in [0.1, 0.15) is 10.4 Å². The van der Waals surface area contributed by atoms with Crippen molar-refractivity contribution in [1.82, 2.24) is 19.7 Å². The molecule has 2 aliphatic heterocycles. The van der Waals surface area contributed by atoms with Gasteiger partial charge in [0.05, 0.1) is 24.1 Å². The lowest BCUT2D eigenvalue weighted by Crippen LogP contribution is -2.44. The maximum absolute atomic E-state index is 13.5. The monoisotopic (exact) mass is 372 g/mol. The molecule has 2 aromatic heterocycles. The third-order valence-corrected chi connectivity index (χ3v) is 4.78. The number of piperazine rings is 1. The highest BCUT2D eigenvalue weighted by molar-refractivity contribution is 6.11. The molecule has 0 aliphatic carbocycles. The molecule has 27 heavy (non-hydrogen) atoms. The number of aromatic nitrogens is 3. The van der Waals surface area contributed by atoms with E-state index in [1.807, 2.05) is 6.07 Å². The SMILES string of the molecule is CN1CCN(c2ccncc2NC(=O)c2c(N)nn3c2N=CC(F)C3)CC1. The van der Waals surface area contributed by atoms with Crippen LogP contribution in [0.5, 0.6) is 0 Å². The maximum atomic E-state index is 13.5. The van der Waals surface area contributed by atoms with Crippen LogP contribution in [0.25, 0.3) is 0 Å². The molecule has 4 rings (SSSR count). The molecule has 2 aliphatic rings. The van der Waals surface area contributed by atoms with Gasteiger partial charge >= 0.3 is 0 Å². The van der Waals surface area contributed by atoms with Crippen LogP contribution in [0.3, 0.4) is 0 Å². The molecule has 3 N–H and O–H groups in total. The van der Waals surface area contributed by atoms with Crippen molar-refractivity contribution in [3.63, 3.8) is 0 Å². The first-order chi connectivity index (χ1) is 13.0. The van der Waals surface area contributed by atoms with E-state index in [0.29, 0.717) is 5.69 Å². The fourth-order valence-corrected chi connectivity index (χ4v) is 3.30. The van der Waals surface area contributed by atoms with Gasteiger partial charge in [0, 0.05) is 38.6 Å². The maximum Gasteiger partial charge on any atom is 0.263 e. The predicted octanol–water partition coefficient (Wildman–Crippen LogP) is 0.918. The van der Waals surface area contributed by atoms with Crippen molar-refractivity contribution in [3.05, 3.63) is 24.0 Å². The van der Waals surface area contributed by atoms with Gasteiger partial charge in [0.25, 0.3) is 5.91 Å². The second-order valence-electron chi connectivity index (χ2n) is 6.70. The van der Waals surface area contributed by atoms with E-state index in [1.165, 1.54) is 4.68 Å². The number of nitrogens with two attached hydrogens (primary N) is 1. The lowest BCUT2D eigenvalue weighted by molar-refractivity contribution is 0.102. The van der Waals surface area contributed by atoms with Crippen LogP contribution in [0, 0.1) is 0 Å². The summed E-state index contributed by atoms with van der Waals surface area (Å²) >= 11 is 0. The van der Waals surface area contributed by atoms with Gasteiger partial charge in [-0.15, -0.1) is 0 Å². The zero-order valence-corrected chi connectivity index (χ0v) is 15.0. The first kappa shape index (κ1) is 17.4. The lowest BCUT2D eigenvalue weighted by atomic mass is 10.2. The van der Waals surface area contributed by atoms with Gasteiger partial charge in [0.15, 0.2) is 17.8 Å². The molecule has 0 radical (unpaired) electrons. The molecular weight excluding hydrogens is 351 g/mol. The van der Waals surface area contributed by atoms with Crippen LogP contribution >= 0.6 is 0 Å². The van der Waals surface area contributed by atoms with Gasteiger partial charge in [-0.2, -0.15) is 5.10 Å². The predicted molar refractivity (Wildman–Crippen MR) is 102 cm³/mol. The number of aliphatic imine (C=N–C) groups is 1. The average Bonchev–Trinajstić information content (AvgIpc) is 2.98. The highest BCUT2D eigenvalue weighted by atomic mass is 19.1. The Morgan fingerprint density at radius 2 is 2.11 bits per heavy atom. The Labute approximate surface area is 155 Å². The van der Waals surface area contributed by atoms with Crippen molar-refractivity contribution in [2.24, 2.45) is 4.99 Å². The highest BCUT2D eigenvalue weighted by Gasteiger charge is 2.27. The third-order valence-electron chi connectivity index (χ3n) is 4.78. The minimum absolute atomic E-state index is 0.00421. The summed E-state index contributed by atoms with van der Waals surface area (Å²) in [6.07, 6.45) is 3.23. The molecule has 2 aromatic rings. The summed E-state index contributed by atoms with van der Waals surface area (Å²) < 4.78 is 14.8. The minimum Gasteiger partial charge on any atom is -0.381 e. The van der Waals surface area contributed by atoms with Gasteiger partial charge in [0.2, 0.25) is 0 Å². The number of rotatable bonds is 3. The number of amides is 1. The van der Waals surface area contributed by atoms with Crippen LogP contribution in [-0.4, -0.2) is 71.2 Å².